The highest BCUT2D eigenvalue weighted by Gasteiger charge is 2.12. The van der Waals surface area contributed by atoms with Crippen molar-refractivity contribution in [2.75, 3.05) is 31.2 Å². The van der Waals surface area contributed by atoms with Crippen LogP contribution in [-0.2, 0) is 0 Å². The van der Waals surface area contributed by atoms with E-state index in [-0.39, 0.29) is 13.2 Å². The summed E-state index contributed by atoms with van der Waals surface area (Å²) in [6, 6.07) is 29.2. The Balaban J connectivity index is 1.67. The molecule has 2 N–H and O–H groups in total. The molecule has 0 radical (unpaired) electrons. The Bertz CT molecular complexity index is 1400. The number of aromatic nitrogens is 1. The van der Waals surface area contributed by atoms with Crippen LogP contribution in [0.1, 0.15) is 11.3 Å². The van der Waals surface area contributed by atoms with Crippen LogP contribution in [0.4, 0.5) is 5.69 Å². The largest absolute Gasteiger partial charge is 0.395 e. The average molecular weight is 435 g/mol. The molecule has 0 aliphatic carbocycles. The number of nitrogens with zero attached hydrogens (tertiary/aromatic N) is 2. The number of aliphatic hydroxyl groups is 2. The van der Waals surface area contributed by atoms with E-state index in [4.69, 9.17) is 4.98 Å². The average Bonchev–Trinajstić information content (AvgIpc) is 2.86. The maximum atomic E-state index is 9.57. The van der Waals surface area contributed by atoms with Gasteiger partial charge < -0.3 is 15.1 Å². The lowest BCUT2D eigenvalue weighted by Gasteiger charge is -2.24. The minimum absolute atomic E-state index is 0.0177. The van der Waals surface area contributed by atoms with Gasteiger partial charge in [0.05, 0.1) is 24.4 Å². The number of aliphatic hydroxyl groups excluding tert-OH is 2. The molecule has 0 amide bonds. The van der Waals surface area contributed by atoms with E-state index in [1.54, 1.807) is 0 Å². The van der Waals surface area contributed by atoms with Gasteiger partial charge >= 0.3 is 0 Å². The summed E-state index contributed by atoms with van der Waals surface area (Å²) in [5, 5.41) is 25.0. The molecule has 164 valence electrons. The fourth-order valence-electron chi connectivity index (χ4n) is 4.52. The molecule has 1 heterocycles. The zero-order valence-electron chi connectivity index (χ0n) is 18.4. The Labute approximate surface area is 193 Å². The van der Waals surface area contributed by atoms with Gasteiger partial charge in [-0.25, -0.2) is 4.98 Å². The van der Waals surface area contributed by atoms with Crippen LogP contribution in [-0.4, -0.2) is 41.5 Å². The van der Waals surface area contributed by atoms with Crippen molar-refractivity contribution in [1.29, 1.82) is 0 Å². The third kappa shape index (κ3) is 4.19. The third-order valence-electron chi connectivity index (χ3n) is 6.03. The molecule has 0 atom stereocenters. The second-order valence-electron chi connectivity index (χ2n) is 8.08. The molecule has 33 heavy (non-hydrogen) atoms. The second-order valence-corrected chi connectivity index (χ2v) is 8.08. The minimum atomic E-state index is 0.0177. The molecule has 0 saturated carbocycles. The molecule has 0 saturated heterocycles. The number of hydrogen-bond donors (Lipinski definition) is 2. The minimum Gasteiger partial charge on any atom is -0.395 e. The number of anilines is 1. The number of fused-ring (bicyclic) bond motifs is 3. The second kappa shape index (κ2) is 9.41. The summed E-state index contributed by atoms with van der Waals surface area (Å²) in [6.45, 7) is 0.936. The smallest absolute Gasteiger partial charge is 0.0730 e. The van der Waals surface area contributed by atoms with Crippen molar-refractivity contribution in [2.45, 2.75) is 0 Å². The van der Waals surface area contributed by atoms with E-state index in [1.165, 1.54) is 27.1 Å². The molecule has 4 nitrogen and oxygen atoms in total. The van der Waals surface area contributed by atoms with Gasteiger partial charge in [0.15, 0.2) is 0 Å². The highest BCUT2D eigenvalue weighted by molar-refractivity contribution is 6.08. The number of para-hydroxylation sites is 1. The number of pyridine rings is 1. The van der Waals surface area contributed by atoms with E-state index in [9.17, 15) is 10.2 Å². The summed E-state index contributed by atoms with van der Waals surface area (Å²) >= 11 is 0. The van der Waals surface area contributed by atoms with Crippen LogP contribution in [0, 0.1) is 0 Å². The maximum absolute atomic E-state index is 9.57. The summed E-state index contributed by atoms with van der Waals surface area (Å²) in [7, 11) is 0. The first-order valence-corrected chi connectivity index (χ1v) is 11.2. The topological polar surface area (TPSA) is 56.6 Å². The standard InChI is InChI=1S/C29H26N2O2/c32-17-15-31(16-18-33)29-20-23(30-28-12-6-5-11-27(28)29)13-14-26-24-9-3-1-7-21(24)19-22-8-2-4-10-25(22)26/h1-14,19-20,32-33H,15-18H2/b14-13+. The molecule has 0 bridgehead atoms. The molecule has 1 aromatic heterocycles. The van der Waals surface area contributed by atoms with Crippen molar-refractivity contribution in [3.8, 4) is 0 Å². The first-order valence-electron chi connectivity index (χ1n) is 11.2. The van der Waals surface area contributed by atoms with Crippen LogP contribution in [0.5, 0.6) is 0 Å². The lowest BCUT2D eigenvalue weighted by Crippen LogP contribution is -2.30. The van der Waals surface area contributed by atoms with E-state index in [2.05, 4.69) is 66.7 Å². The molecule has 4 heteroatoms. The Morgan fingerprint density at radius 3 is 1.88 bits per heavy atom. The van der Waals surface area contributed by atoms with Gasteiger partial charge in [-0.2, -0.15) is 0 Å². The number of rotatable bonds is 7. The van der Waals surface area contributed by atoms with Crippen molar-refractivity contribution >= 4 is 50.3 Å². The van der Waals surface area contributed by atoms with Crippen molar-refractivity contribution < 1.29 is 10.2 Å². The molecule has 5 rings (SSSR count). The molecule has 0 unspecified atom stereocenters. The van der Waals surface area contributed by atoms with Gasteiger partial charge in [-0.1, -0.05) is 72.8 Å². The summed E-state index contributed by atoms with van der Waals surface area (Å²) in [6.07, 6.45) is 4.20. The van der Waals surface area contributed by atoms with Gasteiger partial charge in [-0.3, -0.25) is 0 Å². The first kappa shape index (κ1) is 21.1. The summed E-state index contributed by atoms with van der Waals surface area (Å²) in [4.78, 5) is 6.88. The van der Waals surface area contributed by atoms with E-state index in [0.717, 1.165) is 22.3 Å². The molecule has 5 aromatic rings. The lowest BCUT2D eigenvalue weighted by atomic mass is 9.96. The van der Waals surface area contributed by atoms with E-state index < -0.39 is 0 Å². The van der Waals surface area contributed by atoms with Crippen LogP contribution >= 0.6 is 0 Å². The lowest BCUT2D eigenvalue weighted by molar-refractivity contribution is 0.281. The molecule has 0 aliphatic heterocycles. The quantitative estimate of drug-likeness (QED) is 0.332. The highest BCUT2D eigenvalue weighted by atomic mass is 16.3. The van der Waals surface area contributed by atoms with Crippen molar-refractivity contribution in [3.05, 3.63) is 96.2 Å². The Morgan fingerprint density at radius 2 is 1.24 bits per heavy atom. The number of hydrogen-bond acceptors (Lipinski definition) is 4. The fourth-order valence-corrected chi connectivity index (χ4v) is 4.52. The first-order chi connectivity index (χ1) is 16.3. The van der Waals surface area contributed by atoms with Gasteiger partial charge in [0.25, 0.3) is 0 Å². The molecule has 4 aromatic carbocycles. The SMILES string of the molecule is OCCN(CCO)c1cc(/C=C/c2c3ccccc3cc3ccccc23)nc2ccccc12. The molecule has 0 fully saturated rings. The van der Waals surface area contributed by atoms with Gasteiger partial charge in [-0.05, 0) is 51.4 Å². The summed E-state index contributed by atoms with van der Waals surface area (Å²) in [5.74, 6) is 0. The predicted octanol–water partition coefficient (Wildman–Crippen LogP) is 5.50. The van der Waals surface area contributed by atoms with Crippen LogP contribution in [0.15, 0.2) is 84.9 Å². The summed E-state index contributed by atoms with van der Waals surface area (Å²) in [5.41, 5.74) is 3.86. The van der Waals surface area contributed by atoms with Crippen LogP contribution in [0.2, 0.25) is 0 Å². The van der Waals surface area contributed by atoms with Crippen LogP contribution < -0.4 is 4.90 Å². The van der Waals surface area contributed by atoms with Gasteiger partial charge in [0.2, 0.25) is 0 Å². The van der Waals surface area contributed by atoms with Gasteiger partial charge in [0.1, 0.15) is 0 Å². The van der Waals surface area contributed by atoms with Crippen LogP contribution in [0.25, 0.3) is 44.6 Å². The molecule has 0 aliphatic rings. The summed E-state index contributed by atoms with van der Waals surface area (Å²) < 4.78 is 0. The van der Waals surface area contributed by atoms with Crippen molar-refractivity contribution in [2.24, 2.45) is 0 Å². The number of benzene rings is 4. The Hall–Kier alpha value is -3.73. The molecule has 0 spiro atoms. The normalized spacial score (nSPS) is 11.7. The Kier molecular flexibility index (Phi) is 6.03. The van der Waals surface area contributed by atoms with Gasteiger partial charge in [-0.15, -0.1) is 0 Å². The zero-order chi connectivity index (χ0) is 22.6. The molecular formula is C29H26N2O2. The maximum Gasteiger partial charge on any atom is 0.0730 e. The van der Waals surface area contributed by atoms with E-state index in [1.807, 2.05) is 35.2 Å². The van der Waals surface area contributed by atoms with E-state index >= 15 is 0 Å². The highest BCUT2D eigenvalue weighted by Crippen LogP contribution is 2.31. The third-order valence-corrected chi connectivity index (χ3v) is 6.03. The monoisotopic (exact) mass is 434 g/mol. The van der Waals surface area contributed by atoms with Gasteiger partial charge in [0, 0.05) is 24.2 Å². The zero-order valence-corrected chi connectivity index (χ0v) is 18.4. The predicted molar refractivity (Wildman–Crippen MR) is 139 cm³/mol. The van der Waals surface area contributed by atoms with Crippen molar-refractivity contribution in [3.63, 3.8) is 0 Å². The fraction of sp³-hybridized carbons (Fsp3) is 0.138. The molecular weight excluding hydrogens is 408 g/mol. The Morgan fingerprint density at radius 1 is 0.667 bits per heavy atom. The van der Waals surface area contributed by atoms with Crippen LogP contribution in [0.3, 0.4) is 0 Å². The van der Waals surface area contributed by atoms with Crippen molar-refractivity contribution in [1.82, 2.24) is 4.98 Å². The van der Waals surface area contributed by atoms with E-state index in [0.29, 0.717) is 13.1 Å².